The van der Waals surface area contributed by atoms with Gasteiger partial charge in [0.05, 0.1) is 6.42 Å². The largest absolute Gasteiger partial charge is 0.489 e. The third-order valence-electron chi connectivity index (χ3n) is 5.62. The molecule has 0 bridgehead atoms. The van der Waals surface area contributed by atoms with E-state index in [9.17, 15) is 9.59 Å². The molecule has 9 heteroatoms. The van der Waals surface area contributed by atoms with Gasteiger partial charge in [-0.2, -0.15) is 0 Å². The fraction of sp³-hybridized carbons (Fsp3) is 0.179. The van der Waals surface area contributed by atoms with Gasteiger partial charge in [0.1, 0.15) is 29.8 Å². The minimum absolute atomic E-state index is 0.0299. The number of hydrogen-bond acceptors (Lipinski definition) is 6. The number of ether oxygens (including phenoxy) is 2. The topological polar surface area (TPSA) is 111 Å². The molecule has 3 aromatic carbocycles. The second-order valence-electron chi connectivity index (χ2n) is 8.37. The molecule has 4 rings (SSSR count). The molecule has 0 saturated carbocycles. The number of carbonyl (C=O) groups excluding carboxylic acids is 1. The summed E-state index contributed by atoms with van der Waals surface area (Å²) in [4.78, 5) is 23.4. The van der Waals surface area contributed by atoms with E-state index < -0.39 is 18.2 Å². The van der Waals surface area contributed by atoms with Crippen molar-refractivity contribution < 1.29 is 28.7 Å². The van der Waals surface area contributed by atoms with Gasteiger partial charge >= 0.3 is 12.1 Å². The normalized spacial score (nSPS) is 11.5. The van der Waals surface area contributed by atoms with Crippen molar-refractivity contribution in [3.05, 3.63) is 100 Å². The number of nitrogens with zero attached hydrogens (tertiary/aromatic N) is 1. The van der Waals surface area contributed by atoms with E-state index in [0.717, 1.165) is 11.1 Å². The van der Waals surface area contributed by atoms with Gasteiger partial charge in [-0.1, -0.05) is 71.4 Å². The Labute approximate surface area is 218 Å². The van der Waals surface area contributed by atoms with Crippen LogP contribution < -0.4 is 10.1 Å². The van der Waals surface area contributed by atoms with E-state index >= 15 is 0 Å². The van der Waals surface area contributed by atoms with Crippen molar-refractivity contribution in [1.82, 2.24) is 5.16 Å². The number of aromatic nitrogens is 1. The zero-order valence-electron chi connectivity index (χ0n) is 20.2. The smallest absolute Gasteiger partial charge is 0.412 e. The van der Waals surface area contributed by atoms with Crippen LogP contribution in [-0.4, -0.2) is 22.3 Å². The van der Waals surface area contributed by atoms with Crippen LogP contribution in [0.2, 0.25) is 5.02 Å². The number of amides is 1. The minimum atomic E-state index is -0.877. The van der Waals surface area contributed by atoms with E-state index in [1.807, 2.05) is 36.4 Å². The van der Waals surface area contributed by atoms with Crippen LogP contribution in [0, 0.1) is 6.92 Å². The molecule has 0 aliphatic carbocycles. The molecule has 1 atom stereocenters. The lowest BCUT2D eigenvalue weighted by atomic mass is 10.1. The fourth-order valence-corrected chi connectivity index (χ4v) is 3.96. The van der Waals surface area contributed by atoms with Crippen LogP contribution in [0.15, 0.2) is 77.3 Å². The lowest BCUT2D eigenvalue weighted by Gasteiger charge is -2.15. The SMILES string of the molecule is Cc1noc(-c2ccc(COc3ccc(CC(=O)O)cc3)cc2)c1NC(=O)O[C@H](C)c1ccccc1Cl. The highest BCUT2D eigenvalue weighted by Crippen LogP contribution is 2.32. The first-order valence-electron chi connectivity index (χ1n) is 11.5. The molecule has 0 unspecified atom stereocenters. The van der Waals surface area contributed by atoms with E-state index in [4.69, 9.17) is 30.7 Å². The maximum atomic E-state index is 12.6. The highest BCUT2D eigenvalue weighted by Gasteiger charge is 2.20. The van der Waals surface area contributed by atoms with Crippen molar-refractivity contribution in [2.24, 2.45) is 0 Å². The van der Waals surface area contributed by atoms with Crippen LogP contribution in [-0.2, 0) is 22.6 Å². The Morgan fingerprint density at radius 3 is 2.38 bits per heavy atom. The minimum Gasteiger partial charge on any atom is -0.489 e. The number of nitrogens with one attached hydrogen (secondary N) is 1. The molecule has 0 spiro atoms. The summed E-state index contributed by atoms with van der Waals surface area (Å²) in [6, 6.07) is 21.6. The summed E-state index contributed by atoms with van der Waals surface area (Å²) < 4.78 is 16.8. The van der Waals surface area contributed by atoms with Gasteiger partial charge in [0.25, 0.3) is 0 Å². The Kier molecular flexibility index (Phi) is 8.10. The average Bonchev–Trinajstić information content (AvgIpc) is 3.23. The van der Waals surface area contributed by atoms with Crippen LogP contribution >= 0.6 is 11.6 Å². The molecular weight excluding hydrogens is 496 g/mol. The summed E-state index contributed by atoms with van der Waals surface area (Å²) in [5.74, 6) is 0.166. The Morgan fingerprint density at radius 1 is 1.03 bits per heavy atom. The van der Waals surface area contributed by atoms with E-state index in [0.29, 0.717) is 45.6 Å². The third-order valence-corrected chi connectivity index (χ3v) is 5.96. The summed E-state index contributed by atoms with van der Waals surface area (Å²) >= 11 is 6.20. The number of halogens is 1. The van der Waals surface area contributed by atoms with E-state index in [1.165, 1.54) is 0 Å². The molecule has 2 N–H and O–H groups in total. The summed E-state index contributed by atoms with van der Waals surface area (Å²) in [6.45, 7) is 3.79. The molecule has 4 aromatic rings. The van der Waals surface area contributed by atoms with Gasteiger partial charge in [0, 0.05) is 16.1 Å². The summed E-state index contributed by atoms with van der Waals surface area (Å²) in [5.41, 5.74) is 3.97. The first-order valence-corrected chi connectivity index (χ1v) is 11.9. The van der Waals surface area contributed by atoms with Crippen molar-refractivity contribution in [1.29, 1.82) is 0 Å². The van der Waals surface area contributed by atoms with Crippen LogP contribution in [0.1, 0.15) is 35.4 Å². The predicted octanol–water partition coefficient (Wildman–Crippen LogP) is 6.82. The number of carboxylic acids is 1. The van der Waals surface area contributed by atoms with Crippen LogP contribution in [0.4, 0.5) is 10.5 Å². The fourth-order valence-electron chi connectivity index (χ4n) is 3.67. The average molecular weight is 521 g/mol. The van der Waals surface area contributed by atoms with E-state index in [2.05, 4.69) is 10.5 Å². The number of anilines is 1. The first kappa shape index (κ1) is 25.8. The first-order chi connectivity index (χ1) is 17.8. The lowest BCUT2D eigenvalue weighted by Crippen LogP contribution is -2.17. The molecule has 1 heterocycles. The molecule has 8 nitrogen and oxygen atoms in total. The lowest BCUT2D eigenvalue weighted by molar-refractivity contribution is -0.136. The zero-order valence-corrected chi connectivity index (χ0v) is 21.0. The molecule has 0 saturated heterocycles. The zero-order chi connectivity index (χ0) is 26.4. The van der Waals surface area contributed by atoms with Gasteiger partial charge in [-0.15, -0.1) is 0 Å². The van der Waals surface area contributed by atoms with E-state index in [-0.39, 0.29) is 6.42 Å². The standard InChI is InChI=1S/C28H25ClN2O6/c1-17-26(30-28(34)36-18(2)23-5-3-4-6-24(23)29)27(37-31-17)21-11-7-20(8-12-21)16-35-22-13-9-19(10-14-22)15-25(32)33/h3-14,18H,15-16H2,1-2H3,(H,30,34)(H,32,33)/t18-/m1/s1. The maximum Gasteiger partial charge on any atom is 0.412 e. The quantitative estimate of drug-likeness (QED) is 0.249. The molecule has 37 heavy (non-hydrogen) atoms. The molecule has 1 amide bonds. The monoisotopic (exact) mass is 520 g/mol. The summed E-state index contributed by atoms with van der Waals surface area (Å²) in [6.07, 6.45) is -1.23. The van der Waals surface area contributed by atoms with Crippen molar-refractivity contribution in [3.8, 4) is 17.1 Å². The molecule has 190 valence electrons. The van der Waals surface area contributed by atoms with Crippen molar-refractivity contribution in [2.75, 3.05) is 5.32 Å². The maximum absolute atomic E-state index is 12.6. The third kappa shape index (κ3) is 6.68. The number of carbonyl (C=O) groups is 2. The number of rotatable bonds is 9. The van der Waals surface area contributed by atoms with Gasteiger partial charge in [-0.25, -0.2) is 4.79 Å². The Balaban J connectivity index is 1.38. The van der Waals surface area contributed by atoms with Gasteiger partial charge in [0.2, 0.25) is 0 Å². The number of hydrogen-bond donors (Lipinski definition) is 2. The molecule has 1 aromatic heterocycles. The highest BCUT2D eigenvalue weighted by molar-refractivity contribution is 6.31. The number of benzene rings is 3. The van der Waals surface area contributed by atoms with Crippen LogP contribution in [0.3, 0.4) is 0 Å². The van der Waals surface area contributed by atoms with Crippen LogP contribution in [0.5, 0.6) is 5.75 Å². The van der Waals surface area contributed by atoms with Gasteiger partial charge in [-0.3, -0.25) is 10.1 Å². The Hall–Kier alpha value is -4.30. The second kappa shape index (κ2) is 11.6. The highest BCUT2D eigenvalue weighted by atomic mass is 35.5. The summed E-state index contributed by atoms with van der Waals surface area (Å²) in [7, 11) is 0. The molecule has 0 aliphatic rings. The number of carboxylic acid groups (broad SMARTS) is 1. The van der Waals surface area contributed by atoms with Crippen molar-refractivity contribution in [3.63, 3.8) is 0 Å². The molecule has 0 aliphatic heterocycles. The van der Waals surface area contributed by atoms with E-state index in [1.54, 1.807) is 50.2 Å². The van der Waals surface area contributed by atoms with Gasteiger partial charge in [-0.05, 0) is 43.2 Å². The summed E-state index contributed by atoms with van der Waals surface area (Å²) in [5, 5.41) is 16.1. The number of aryl methyl sites for hydroxylation is 1. The van der Waals surface area contributed by atoms with Crippen LogP contribution in [0.25, 0.3) is 11.3 Å². The van der Waals surface area contributed by atoms with Crippen molar-refractivity contribution in [2.45, 2.75) is 33.0 Å². The van der Waals surface area contributed by atoms with Gasteiger partial charge in [0.15, 0.2) is 5.76 Å². The van der Waals surface area contributed by atoms with Crippen molar-refractivity contribution >= 4 is 29.4 Å². The Morgan fingerprint density at radius 2 is 1.70 bits per heavy atom. The van der Waals surface area contributed by atoms with Gasteiger partial charge < -0.3 is 19.1 Å². The Bertz CT molecular complexity index is 1380. The number of aliphatic carboxylic acids is 1. The molecule has 0 radical (unpaired) electrons. The molecule has 0 fully saturated rings. The predicted molar refractivity (Wildman–Crippen MR) is 139 cm³/mol. The second-order valence-corrected chi connectivity index (χ2v) is 8.77. The molecular formula is C28H25ClN2O6.